The zero-order chi connectivity index (χ0) is 13.5. The first kappa shape index (κ1) is 11.8. The molecule has 0 saturated carbocycles. The van der Waals surface area contributed by atoms with Gasteiger partial charge in [0.05, 0.1) is 19.4 Å². The molecule has 7 nitrogen and oxygen atoms in total. The fourth-order valence-corrected chi connectivity index (χ4v) is 2.96. The van der Waals surface area contributed by atoms with Crippen LogP contribution in [0.15, 0.2) is 12.5 Å². The smallest absolute Gasteiger partial charge is 0.163 e. The van der Waals surface area contributed by atoms with E-state index in [1.54, 1.807) is 6.33 Å². The molecular formula is C13H16N6O. The lowest BCUT2D eigenvalue weighted by molar-refractivity contribution is 0.0894. The van der Waals surface area contributed by atoms with Crippen molar-refractivity contribution in [2.45, 2.75) is 25.8 Å². The SMILES string of the molecule is CCCc1nnc2n1-c1cncnc1N1CCOCC21. The molecule has 2 aliphatic rings. The molecule has 1 fully saturated rings. The maximum absolute atomic E-state index is 5.61. The number of hydrogen-bond acceptors (Lipinski definition) is 6. The highest BCUT2D eigenvalue weighted by molar-refractivity contribution is 5.61. The predicted molar refractivity (Wildman–Crippen MR) is 71.9 cm³/mol. The molecule has 0 aliphatic carbocycles. The first-order valence-electron chi connectivity index (χ1n) is 6.99. The molecule has 0 radical (unpaired) electrons. The van der Waals surface area contributed by atoms with Crippen molar-refractivity contribution in [3.8, 4) is 5.69 Å². The van der Waals surface area contributed by atoms with Gasteiger partial charge in [0.25, 0.3) is 0 Å². The fourth-order valence-electron chi connectivity index (χ4n) is 2.96. The van der Waals surface area contributed by atoms with Crippen LogP contribution in [0.25, 0.3) is 5.69 Å². The lowest BCUT2D eigenvalue weighted by Gasteiger charge is -2.39. The first-order valence-corrected chi connectivity index (χ1v) is 6.99. The lowest BCUT2D eigenvalue weighted by atomic mass is 10.1. The summed E-state index contributed by atoms with van der Waals surface area (Å²) in [6.45, 7) is 4.32. The Morgan fingerprint density at radius 2 is 2.35 bits per heavy atom. The number of hydrogen-bond donors (Lipinski definition) is 0. The van der Waals surface area contributed by atoms with Crippen LogP contribution in [-0.2, 0) is 11.2 Å². The number of fused-ring (bicyclic) bond motifs is 6. The average Bonchev–Trinajstić information content (AvgIpc) is 2.92. The number of rotatable bonds is 2. The van der Waals surface area contributed by atoms with E-state index in [4.69, 9.17) is 4.74 Å². The van der Waals surface area contributed by atoms with E-state index in [1.807, 2.05) is 6.20 Å². The van der Waals surface area contributed by atoms with Gasteiger partial charge in [-0.3, -0.25) is 4.57 Å². The molecule has 2 aromatic heterocycles. The molecule has 0 spiro atoms. The molecular weight excluding hydrogens is 256 g/mol. The molecule has 1 saturated heterocycles. The van der Waals surface area contributed by atoms with E-state index in [0.29, 0.717) is 6.61 Å². The Balaban J connectivity index is 1.92. The maximum Gasteiger partial charge on any atom is 0.163 e. The molecule has 0 aromatic carbocycles. The quantitative estimate of drug-likeness (QED) is 0.809. The van der Waals surface area contributed by atoms with Gasteiger partial charge in [0, 0.05) is 13.0 Å². The van der Waals surface area contributed by atoms with Gasteiger partial charge in [0.15, 0.2) is 11.6 Å². The zero-order valence-corrected chi connectivity index (χ0v) is 11.4. The Labute approximate surface area is 116 Å². The van der Waals surface area contributed by atoms with E-state index < -0.39 is 0 Å². The third-order valence-corrected chi connectivity index (χ3v) is 3.84. The highest BCUT2D eigenvalue weighted by Gasteiger charge is 2.37. The van der Waals surface area contributed by atoms with Crippen molar-refractivity contribution in [3.63, 3.8) is 0 Å². The van der Waals surface area contributed by atoms with Crippen molar-refractivity contribution in [2.24, 2.45) is 0 Å². The van der Waals surface area contributed by atoms with Crippen LogP contribution < -0.4 is 4.90 Å². The maximum atomic E-state index is 5.61. The molecule has 0 amide bonds. The number of morpholine rings is 1. The molecule has 4 rings (SSSR count). The number of nitrogens with zero attached hydrogens (tertiary/aromatic N) is 6. The summed E-state index contributed by atoms with van der Waals surface area (Å²) in [5.74, 6) is 2.87. The largest absolute Gasteiger partial charge is 0.377 e. The van der Waals surface area contributed by atoms with Crippen LogP contribution in [-0.4, -0.2) is 44.5 Å². The summed E-state index contributed by atoms with van der Waals surface area (Å²) in [6, 6.07) is 0.101. The summed E-state index contributed by atoms with van der Waals surface area (Å²) in [5.41, 5.74) is 0.981. The highest BCUT2D eigenvalue weighted by Crippen LogP contribution is 2.37. The summed E-state index contributed by atoms with van der Waals surface area (Å²) >= 11 is 0. The van der Waals surface area contributed by atoms with Crippen molar-refractivity contribution in [3.05, 3.63) is 24.2 Å². The van der Waals surface area contributed by atoms with Gasteiger partial charge in [-0.1, -0.05) is 6.92 Å². The van der Waals surface area contributed by atoms with Crippen molar-refractivity contribution >= 4 is 5.82 Å². The summed E-state index contributed by atoms with van der Waals surface area (Å²) in [5, 5.41) is 8.75. The molecule has 0 N–H and O–H groups in total. The second-order valence-electron chi connectivity index (χ2n) is 5.08. The van der Waals surface area contributed by atoms with E-state index in [2.05, 4.69) is 36.6 Å². The Morgan fingerprint density at radius 3 is 3.25 bits per heavy atom. The van der Waals surface area contributed by atoms with Crippen LogP contribution in [0.3, 0.4) is 0 Å². The lowest BCUT2D eigenvalue weighted by Crippen LogP contribution is -2.44. The zero-order valence-electron chi connectivity index (χ0n) is 11.4. The van der Waals surface area contributed by atoms with E-state index >= 15 is 0 Å². The van der Waals surface area contributed by atoms with Crippen molar-refractivity contribution in [2.75, 3.05) is 24.7 Å². The minimum Gasteiger partial charge on any atom is -0.377 e. The third kappa shape index (κ3) is 1.56. The van der Waals surface area contributed by atoms with Crippen LogP contribution in [0.2, 0.25) is 0 Å². The minimum atomic E-state index is 0.101. The van der Waals surface area contributed by atoms with Crippen LogP contribution in [0.1, 0.15) is 31.0 Å². The summed E-state index contributed by atoms with van der Waals surface area (Å²) < 4.78 is 7.72. The Hall–Kier alpha value is -2.02. The Bertz CT molecular complexity index is 640. The van der Waals surface area contributed by atoms with Gasteiger partial charge < -0.3 is 9.64 Å². The molecule has 104 valence electrons. The summed E-state index contributed by atoms with van der Waals surface area (Å²) in [6.07, 6.45) is 5.38. The van der Waals surface area contributed by atoms with E-state index in [0.717, 1.165) is 49.1 Å². The number of anilines is 1. The summed E-state index contributed by atoms with van der Waals surface area (Å²) in [4.78, 5) is 10.9. The number of ether oxygens (including phenoxy) is 1. The van der Waals surface area contributed by atoms with Gasteiger partial charge in [0.1, 0.15) is 23.9 Å². The summed E-state index contributed by atoms with van der Waals surface area (Å²) in [7, 11) is 0. The third-order valence-electron chi connectivity index (χ3n) is 3.84. The van der Waals surface area contributed by atoms with Crippen LogP contribution >= 0.6 is 0 Å². The van der Waals surface area contributed by atoms with Gasteiger partial charge in [-0.2, -0.15) is 0 Å². The standard InChI is InChI=1S/C13H16N6O/c1-2-3-11-16-17-13-10-7-20-5-4-18(10)12-9(19(11)13)6-14-8-15-12/h6,8,10H,2-5,7H2,1H3. The van der Waals surface area contributed by atoms with Gasteiger partial charge in [-0.05, 0) is 6.42 Å². The predicted octanol–water partition coefficient (Wildman–Crippen LogP) is 0.901. The molecule has 2 aliphatic heterocycles. The van der Waals surface area contributed by atoms with Crippen molar-refractivity contribution in [1.29, 1.82) is 0 Å². The number of aromatic nitrogens is 5. The molecule has 1 unspecified atom stereocenters. The molecule has 0 bridgehead atoms. The monoisotopic (exact) mass is 272 g/mol. The second kappa shape index (κ2) is 4.52. The second-order valence-corrected chi connectivity index (χ2v) is 5.08. The first-order chi connectivity index (χ1) is 9.90. The average molecular weight is 272 g/mol. The van der Waals surface area contributed by atoms with Crippen LogP contribution in [0, 0.1) is 0 Å². The minimum absolute atomic E-state index is 0.101. The van der Waals surface area contributed by atoms with Gasteiger partial charge in [-0.15, -0.1) is 10.2 Å². The van der Waals surface area contributed by atoms with Crippen LogP contribution in [0.5, 0.6) is 0 Å². The molecule has 1 atom stereocenters. The Morgan fingerprint density at radius 1 is 1.40 bits per heavy atom. The van der Waals surface area contributed by atoms with Crippen molar-refractivity contribution < 1.29 is 4.74 Å². The normalized spacial score (nSPS) is 20.2. The van der Waals surface area contributed by atoms with Crippen molar-refractivity contribution in [1.82, 2.24) is 24.7 Å². The van der Waals surface area contributed by atoms with Gasteiger partial charge in [0.2, 0.25) is 0 Å². The Kier molecular flexibility index (Phi) is 2.66. The molecule has 4 heterocycles. The topological polar surface area (TPSA) is 69.0 Å². The number of aryl methyl sites for hydroxylation is 1. The van der Waals surface area contributed by atoms with Gasteiger partial charge >= 0.3 is 0 Å². The van der Waals surface area contributed by atoms with E-state index in [-0.39, 0.29) is 6.04 Å². The fraction of sp³-hybridized carbons (Fsp3) is 0.538. The van der Waals surface area contributed by atoms with E-state index in [1.165, 1.54) is 0 Å². The highest BCUT2D eigenvalue weighted by atomic mass is 16.5. The van der Waals surface area contributed by atoms with Crippen LogP contribution in [0.4, 0.5) is 5.82 Å². The van der Waals surface area contributed by atoms with Gasteiger partial charge in [-0.25, -0.2) is 9.97 Å². The molecule has 7 heteroatoms. The van der Waals surface area contributed by atoms with E-state index in [9.17, 15) is 0 Å². The molecule has 20 heavy (non-hydrogen) atoms. The molecule has 2 aromatic rings.